The smallest absolute Gasteiger partial charge is 0.227 e. The van der Waals surface area contributed by atoms with Crippen molar-refractivity contribution < 1.29 is 19.2 Å². The highest BCUT2D eigenvalue weighted by atomic mass is 16.2. The molecule has 4 unspecified atom stereocenters. The topological polar surface area (TPSA) is 92.3 Å². The van der Waals surface area contributed by atoms with E-state index in [1.807, 2.05) is 13.8 Å². The zero-order chi connectivity index (χ0) is 23.8. The number of rotatable bonds is 7. The fourth-order valence-corrected chi connectivity index (χ4v) is 7.71. The summed E-state index contributed by atoms with van der Waals surface area (Å²) in [5.74, 6) is 0.470. The Morgan fingerprint density at radius 1 is 0.656 bits per heavy atom. The van der Waals surface area contributed by atoms with Crippen LogP contribution >= 0.6 is 0 Å². The van der Waals surface area contributed by atoms with E-state index in [2.05, 4.69) is 38.3 Å². The molecule has 4 aliphatic rings. The van der Waals surface area contributed by atoms with Crippen LogP contribution in [-0.4, -0.2) is 36.5 Å². The van der Waals surface area contributed by atoms with E-state index in [-0.39, 0.29) is 45.0 Å². The first-order chi connectivity index (χ1) is 14.7. The Balaban J connectivity index is 1.24. The minimum atomic E-state index is -0.581. The molecule has 178 valence electrons. The average Bonchev–Trinajstić information content (AvgIpc) is 3.18. The standard InChI is InChI=1S/C26H40N2O4/c1-21(2)23(5)9-11-25(21,15-17(23)29)19(31)27-13-7-8-14-28-20(32)26-12-10-24(6,18(30)16-26)22(26,3)4/h7-16H2,1-6H3,(H,27,31)(H,28,32). The van der Waals surface area contributed by atoms with Gasteiger partial charge in [-0.2, -0.15) is 0 Å². The zero-order valence-corrected chi connectivity index (χ0v) is 20.7. The van der Waals surface area contributed by atoms with Crippen molar-refractivity contribution >= 4 is 23.4 Å². The normalized spacial score (nSPS) is 40.7. The number of amides is 2. The lowest BCUT2D eigenvalue weighted by Gasteiger charge is -2.38. The van der Waals surface area contributed by atoms with Crippen LogP contribution in [-0.2, 0) is 19.2 Å². The molecule has 4 fully saturated rings. The highest BCUT2D eigenvalue weighted by molar-refractivity contribution is 6.00. The third-order valence-corrected chi connectivity index (χ3v) is 11.5. The van der Waals surface area contributed by atoms with Gasteiger partial charge in [0.2, 0.25) is 11.8 Å². The van der Waals surface area contributed by atoms with Crippen LogP contribution in [0, 0.1) is 32.5 Å². The van der Waals surface area contributed by atoms with Gasteiger partial charge in [0.15, 0.2) is 0 Å². The number of hydrogen-bond acceptors (Lipinski definition) is 4. The first-order valence-corrected chi connectivity index (χ1v) is 12.4. The van der Waals surface area contributed by atoms with Crippen LogP contribution in [0.1, 0.15) is 92.9 Å². The van der Waals surface area contributed by atoms with Gasteiger partial charge in [-0.1, -0.05) is 41.5 Å². The van der Waals surface area contributed by atoms with E-state index >= 15 is 0 Å². The molecule has 0 aromatic rings. The minimum absolute atomic E-state index is 0.0106. The Hall–Kier alpha value is -1.72. The van der Waals surface area contributed by atoms with Crippen molar-refractivity contribution in [2.75, 3.05) is 13.1 Å². The molecule has 4 aliphatic carbocycles. The number of nitrogens with one attached hydrogen (secondary N) is 2. The summed E-state index contributed by atoms with van der Waals surface area (Å²) in [4.78, 5) is 51.3. The molecule has 0 aromatic carbocycles. The van der Waals surface area contributed by atoms with Gasteiger partial charge in [0.1, 0.15) is 11.6 Å². The first kappa shape index (κ1) is 23.4. The zero-order valence-electron chi connectivity index (χ0n) is 20.7. The monoisotopic (exact) mass is 444 g/mol. The average molecular weight is 445 g/mol. The van der Waals surface area contributed by atoms with E-state index in [0.29, 0.717) is 25.9 Å². The molecule has 4 atom stereocenters. The number of carbonyl (C=O) groups excluding carboxylic acids is 4. The second-order valence-corrected chi connectivity index (χ2v) is 12.5. The van der Waals surface area contributed by atoms with Crippen LogP contribution in [0.25, 0.3) is 0 Å². The molecular formula is C26H40N2O4. The molecule has 4 rings (SSSR count). The van der Waals surface area contributed by atoms with E-state index in [0.717, 1.165) is 38.5 Å². The van der Waals surface area contributed by atoms with Gasteiger partial charge in [0.25, 0.3) is 0 Å². The van der Waals surface area contributed by atoms with Gasteiger partial charge in [-0.25, -0.2) is 0 Å². The molecule has 0 aromatic heterocycles. The molecule has 6 nitrogen and oxygen atoms in total. The van der Waals surface area contributed by atoms with Gasteiger partial charge in [0.05, 0.1) is 10.8 Å². The maximum Gasteiger partial charge on any atom is 0.227 e. The Morgan fingerprint density at radius 2 is 1.00 bits per heavy atom. The fraction of sp³-hybridized carbons (Fsp3) is 0.846. The molecule has 0 radical (unpaired) electrons. The third-order valence-electron chi connectivity index (χ3n) is 11.5. The van der Waals surface area contributed by atoms with Crippen LogP contribution in [0.15, 0.2) is 0 Å². The number of unbranched alkanes of at least 4 members (excludes halogenated alkanes) is 1. The lowest BCUT2D eigenvalue weighted by atomic mass is 9.64. The number of ketones is 2. The van der Waals surface area contributed by atoms with Crippen molar-refractivity contribution in [1.29, 1.82) is 0 Å². The van der Waals surface area contributed by atoms with Crippen molar-refractivity contribution in [3.05, 3.63) is 0 Å². The molecular weight excluding hydrogens is 404 g/mol. The number of carbonyl (C=O) groups is 4. The minimum Gasteiger partial charge on any atom is -0.356 e. The molecule has 2 amide bonds. The van der Waals surface area contributed by atoms with Gasteiger partial charge in [0, 0.05) is 36.8 Å². The summed E-state index contributed by atoms with van der Waals surface area (Å²) >= 11 is 0. The summed E-state index contributed by atoms with van der Waals surface area (Å²) in [6.45, 7) is 13.4. The Morgan fingerprint density at radius 3 is 1.25 bits per heavy atom. The molecule has 4 saturated carbocycles. The molecule has 6 heteroatoms. The molecule has 2 N–H and O–H groups in total. The van der Waals surface area contributed by atoms with E-state index < -0.39 is 10.8 Å². The summed E-state index contributed by atoms with van der Waals surface area (Å²) in [5, 5.41) is 6.16. The predicted molar refractivity (Wildman–Crippen MR) is 122 cm³/mol. The Labute approximate surface area is 192 Å². The van der Waals surface area contributed by atoms with E-state index in [9.17, 15) is 19.2 Å². The molecule has 0 aliphatic heterocycles. The summed E-state index contributed by atoms with van der Waals surface area (Å²) in [6, 6.07) is 0. The number of Topliss-reactive ketones (excluding diaryl/α,β-unsaturated/α-hetero) is 2. The van der Waals surface area contributed by atoms with Gasteiger partial charge in [-0.3, -0.25) is 19.2 Å². The van der Waals surface area contributed by atoms with Gasteiger partial charge >= 0.3 is 0 Å². The van der Waals surface area contributed by atoms with E-state index in [1.54, 1.807) is 0 Å². The van der Waals surface area contributed by atoms with E-state index in [1.165, 1.54) is 0 Å². The van der Waals surface area contributed by atoms with Crippen molar-refractivity contribution in [3.8, 4) is 0 Å². The summed E-state index contributed by atoms with van der Waals surface area (Å²) < 4.78 is 0. The largest absolute Gasteiger partial charge is 0.356 e. The highest BCUT2D eigenvalue weighted by Crippen LogP contribution is 2.71. The van der Waals surface area contributed by atoms with Crippen molar-refractivity contribution in [3.63, 3.8) is 0 Å². The second kappa shape index (κ2) is 6.89. The maximum atomic E-state index is 13.1. The van der Waals surface area contributed by atoms with Crippen LogP contribution < -0.4 is 10.6 Å². The predicted octanol–water partition coefficient (Wildman–Crippen LogP) is 3.57. The number of fused-ring (bicyclic) bond motifs is 4. The Kier molecular flexibility index (Phi) is 5.05. The summed E-state index contributed by atoms with van der Waals surface area (Å²) in [7, 11) is 0. The lowest BCUT2D eigenvalue weighted by molar-refractivity contribution is -0.137. The molecule has 0 spiro atoms. The van der Waals surface area contributed by atoms with Crippen molar-refractivity contribution in [1.82, 2.24) is 10.6 Å². The van der Waals surface area contributed by atoms with Gasteiger partial charge < -0.3 is 10.6 Å². The van der Waals surface area contributed by atoms with Crippen LogP contribution in [0.5, 0.6) is 0 Å². The first-order valence-electron chi connectivity index (χ1n) is 12.4. The third kappa shape index (κ3) is 2.53. The van der Waals surface area contributed by atoms with Crippen molar-refractivity contribution in [2.45, 2.75) is 92.9 Å². The maximum absolute atomic E-state index is 13.1. The molecule has 32 heavy (non-hydrogen) atoms. The fourth-order valence-electron chi connectivity index (χ4n) is 7.71. The number of hydrogen-bond donors (Lipinski definition) is 2. The second-order valence-electron chi connectivity index (χ2n) is 12.5. The summed E-state index contributed by atoms with van der Waals surface area (Å²) in [6.07, 6.45) is 5.37. The van der Waals surface area contributed by atoms with Crippen LogP contribution in [0.3, 0.4) is 0 Å². The van der Waals surface area contributed by atoms with Gasteiger partial charge in [-0.15, -0.1) is 0 Å². The van der Waals surface area contributed by atoms with E-state index in [4.69, 9.17) is 0 Å². The van der Waals surface area contributed by atoms with Crippen molar-refractivity contribution in [2.24, 2.45) is 32.5 Å². The lowest BCUT2D eigenvalue weighted by Crippen LogP contribution is -2.47. The van der Waals surface area contributed by atoms with Crippen LogP contribution in [0.2, 0.25) is 0 Å². The molecule has 0 heterocycles. The summed E-state index contributed by atoms with van der Waals surface area (Å²) in [5.41, 5.74) is -2.59. The van der Waals surface area contributed by atoms with Crippen LogP contribution in [0.4, 0.5) is 0 Å². The van der Waals surface area contributed by atoms with Gasteiger partial charge in [-0.05, 0) is 49.4 Å². The highest BCUT2D eigenvalue weighted by Gasteiger charge is 2.73. The SMILES string of the molecule is CC12CCC(C(=O)NCCCCNC(=O)C34CCC(C)(C(=O)C3)C4(C)C)(CC1=O)C2(C)C. The quantitative estimate of drug-likeness (QED) is 0.587. The molecule has 4 bridgehead atoms. The Bertz CT molecular complexity index is 820. The molecule has 0 saturated heterocycles.